The molecule has 1 aliphatic heterocycles. The van der Waals surface area contributed by atoms with Gasteiger partial charge in [0.2, 0.25) is 0 Å². The number of aryl methyl sites for hydroxylation is 2. The Morgan fingerprint density at radius 2 is 1.64 bits per heavy atom. The van der Waals surface area contributed by atoms with Crippen LogP contribution in [0.5, 0.6) is 17.2 Å². The highest BCUT2D eigenvalue weighted by atomic mass is 32.1. The Balaban J connectivity index is 1.44. The highest BCUT2D eigenvalue weighted by Gasteiger charge is 2.42. The topological polar surface area (TPSA) is 94.7 Å². The minimum Gasteiger partial charge on any atom is -0.495 e. The van der Waals surface area contributed by atoms with Crippen molar-refractivity contribution in [3.8, 4) is 22.9 Å². The number of nitro groups is 1. The summed E-state index contributed by atoms with van der Waals surface area (Å²) < 4.78 is 13.7. The molecule has 2 unspecified atom stereocenters. The fourth-order valence-corrected chi connectivity index (χ4v) is 6.14. The standard InChI is InChI=1S/C34H31N5O4S/c1-21-8-13-26(14-9-21)43-27-15-10-24(11-16-27)38-33(32(36-34(38)44)29-7-5-6-18-35-29)28-19-22(2)37(23(28)3)30-20-25(39(40)41)12-17-31(30)42-4/h5-20,32-33H,1-4H3,(H,36,44). The van der Waals surface area contributed by atoms with E-state index >= 15 is 0 Å². The molecule has 222 valence electrons. The summed E-state index contributed by atoms with van der Waals surface area (Å²) in [5.41, 5.74) is 6.28. The molecule has 0 bridgehead atoms. The zero-order chi connectivity index (χ0) is 31.0. The first-order valence-electron chi connectivity index (χ1n) is 14.1. The summed E-state index contributed by atoms with van der Waals surface area (Å²) in [7, 11) is 1.56. The lowest BCUT2D eigenvalue weighted by Crippen LogP contribution is -2.29. The number of rotatable bonds is 8. The largest absolute Gasteiger partial charge is 0.495 e. The molecule has 10 heteroatoms. The summed E-state index contributed by atoms with van der Waals surface area (Å²) in [6, 6.07) is 27.8. The third-order valence-corrected chi connectivity index (χ3v) is 8.19. The zero-order valence-corrected chi connectivity index (χ0v) is 25.5. The van der Waals surface area contributed by atoms with Gasteiger partial charge in [-0.1, -0.05) is 23.8 Å². The lowest BCUT2D eigenvalue weighted by molar-refractivity contribution is -0.384. The van der Waals surface area contributed by atoms with Gasteiger partial charge in [-0.15, -0.1) is 0 Å². The molecule has 0 aliphatic carbocycles. The van der Waals surface area contributed by atoms with Gasteiger partial charge in [0, 0.05) is 35.4 Å². The third-order valence-electron chi connectivity index (χ3n) is 7.87. The maximum Gasteiger partial charge on any atom is 0.271 e. The number of methoxy groups -OCH3 is 1. The molecule has 1 N–H and O–H groups in total. The van der Waals surface area contributed by atoms with Gasteiger partial charge in [0.05, 0.1) is 35.5 Å². The Bertz CT molecular complexity index is 1840. The third kappa shape index (κ3) is 5.35. The van der Waals surface area contributed by atoms with E-state index in [0.29, 0.717) is 22.3 Å². The van der Waals surface area contributed by atoms with E-state index in [9.17, 15) is 10.1 Å². The van der Waals surface area contributed by atoms with E-state index < -0.39 is 4.92 Å². The highest BCUT2D eigenvalue weighted by Crippen LogP contribution is 2.45. The molecule has 0 spiro atoms. The maximum atomic E-state index is 11.7. The second kappa shape index (κ2) is 11.8. The molecule has 0 radical (unpaired) electrons. The van der Waals surface area contributed by atoms with Crippen molar-refractivity contribution in [2.24, 2.45) is 0 Å². The Labute approximate surface area is 260 Å². The van der Waals surface area contributed by atoms with Crippen LogP contribution in [-0.4, -0.2) is 26.7 Å². The van der Waals surface area contributed by atoms with Crippen molar-refractivity contribution in [3.05, 3.63) is 136 Å². The Morgan fingerprint density at radius 1 is 0.932 bits per heavy atom. The minimum absolute atomic E-state index is 0.0144. The molecule has 1 saturated heterocycles. The molecule has 6 rings (SSSR count). The van der Waals surface area contributed by atoms with Gasteiger partial charge < -0.3 is 24.3 Å². The smallest absolute Gasteiger partial charge is 0.271 e. The van der Waals surface area contributed by atoms with Crippen LogP contribution in [0.2, 0.25) is 0 Å². The van der Waals surface area contributed by atoms with Gasteiger partial charge in [0.15, 0.2) is 5.11 Å². The number of aromatic nitrogens is 2. The molecule has 2 aromatic heterocycles. The molecular formula is C34H31N5O4S. The highest BCUT2D eigenvalue weighted by molar-refractivity contribution is 7.80. The van der Waals surface area contributed by atoms with Crippen molar-refractivity contribution in [2.45, 2.75) is 32.9 Å². The summed E-state index contributed by atoms with van der Waals surface area (Å²) in [5.74, 6) is 2.01. The van der Waals surface area contributed by atoms with Crippen molar-refractivity contribution in [3.63, 3.8) is 0 Å². The van der Waals surface area contributed by atoms with E-state index in [2.05, 4.69) is 21.3 Å². The molecule has 3 heterocycles. The van der Waals surface area contributed by atoms with Crippen molar-refractivity contribution >= 4 is 28.7 Å². The van der Waals surface area contributed by atoms with Gasteiger partial charge in [0.1, 0.15) is 17.2 Å². The lowest BCUT2D eigenvalue weighted by Gasteiger charge is -2.28. The number of anilines is 1. The normalized spacial score (nSPS) is 16.1. The van der Waals surface area contributed by atoms with Crippen LogP contribution in [0.4, 0.5) is 11.4 Å². The number of non-ortho nitro benzene ring substituents is 1. The summed E-state index contributed by atoms with van der Waals surface area (Å²) in [5, 5.41) is 15.7. The van der Waals surface area contributed by atoms with Gasteiger partial charge in [-0.3, -0.25) is 15.1 Å². The Morgan fingerprint density at radius 3 is 2.27 bits per heavy atom. The number of nitrogens with one attached hydrogen (secondary N) is 1. The summed E-state index contributed by atoms with van der Waals surface area (Å²) in [4.78, 5) is 18.0. The molecule has 3 aromatic carbocycles. The van der Waals surface area contributed by atoms with Crippen molar-refractivity contribution < 1.29 is 14.4 Å². The van der Waals surface area contributed by atoms with Crippen LogP contribution in [0.1, 0.15) is 40.3 Å². The molecule has 44 heavy (non-hydrogen) atoms. The molecule has 0 saturated carbocycles. The quantitative estimate of drug-likeness (QED) is 0.109. The number of hydrogen-bond donors (Lipinski definition) is 1. The Hall–Kier alpha value is -5.22. The van der Waals surface area contributed by atoms with Crippen molar-refractivity contribution in [1.82, 2.24) is 14.9 Å². The van der Waals surface area contributed by atoms with Crippen molar-refractivity contribution in [1.29, 1.82) is 0 Å². The lowest BCUT2D eigenvalue weighted by atomic mass is 9.96. The second-order valence-corrected chi connectivity index (χ2v) is 11.1. The fourth-order valence-electron chi connectivity index (χ4n) is 5.79. The maximum absolute atomic E-state index is 11.7. The van der Waals surface area contributed by atoms with E-state index in [0.717, 1.165) is 34.1 Å². The van der Waals surface area contributed by atoms with E-state index in [4.69, 9.17) is 21.7 Å². The summed E-state index contributed by atoms with van der Waals surface area (Å²) in [6.07, 6.45) is 1.77. The van der Waals surface area contributed by atoms with Crippen molar-refractivity contribution in [2.75, 3.05) is 12.0 Å². The minimum atomic E-state index is -0.400. The molecular weight excluding hydrogens is 574 g/mol. The van der Waals surface area contributed by atoms with Crippen LogP contribution in [0.3, 0.4) is 0 Å². The average Bonchev–Trinajstić information content (AvgIpc) is 3.53. The van der Waals surface area contributed by atoms with E-state index in [1.165, 1.54) is 11.6 Å². The monoisotopic (exact) mass is 605 g/mol. The number of ether oxygens (including phenoxy) is 2. The van der Waals surface area contributed by atoms with Crippen LogP contribution in [-0.2, 0) is 0 Å². The van der Waals surface area contributed by atoms with E-state index in [1.807, 2.05) is 92.1 Å². The predicted molar refractivity (Wildman–Crippen MR) is 174 cm³/mol. The SMILES string of the molecule is COc1ccc([N+](=O)[O-])cc1-n1c(C)cc(C2C(c3ccccn3)NC(=S)N2c2ccc(Oc3ccc(C)cc3)cc2)c1C. The first kappa shape index (κ1) is 28.9. The summed E-state index contributed by atoms with van der Waals surface area (Å²) in [6.45, 7) is 6.03. The molecule has 0 amide bonds. The van der Waals surface area contributed by atoms with Gasteiger partial charge in [-0.05, 0) is 99.2 Å². The van der Waals surface area contributed by atoms with Crippen LogP contribution in [0.15, 0.2) is 97.2 Å². The Kier molecular flexibility index (Phi) is 7.75. The average molecular weight is 606 g/mol. The first-order chi connectivity index (χ1) is 21.2. The first-order valence-corrected chi connectivity index (χ1v) is 14.5. The molecule has 1 aliphatic rings. The van der Waals surface area contributed by atoms with Gasteiger partial charge in [0.25, 0.3) is 5.69 Å². The zero-order valence-electron chi connectivity index (χ0n) is 24.7. The van der Waals surface area contributed by atoms with Crippen LogP contribution >= 0.6 is 12.2 Å². The second-order valence-electron chi connectivity index (χ2n) is 10.7. The number of nitrogens with zero attached hydrogens (tertiary/aromatic N) is 4. The number of nitro benzene ring substituents is 1. The molecule has 2 atom stereocenters. The molecule has 9 nitrogen and oxygen atoms in total. The van der Waals surface area contributed by atoms with Gasteiger partial charge in [-0.2, -0.15) is 0 Å². The molecule has 5 aromatic rings. The van der Waals surface area contributed by atoms with Gasteiger partial charge in [-0.25, -0.2) is 0 Å². The van der Waals surface area contributed by atoms with Gasteiger partial charge >= 0.3 is 0 Å². The molecule has 1 fully saturated rings. The number of benzene rings is 3. The van der Waals surface area contributed by atoms with E-state index in [-0.39, 0.29) is 17.8 Å². The fraction of sp³-hybridized carbons (Fsp3) is 0.176. The predicted octanol–water partition coefficient (Wildman–Crippen LogP) is 7.68. The van der Waals surface area contributed by atoms with E-state index in [1.54, 1.807) is 25.4 Å². The van der Waals surface area contributed by atoms with Crippen LogP contribution in [0.25, 0.3) is 5.69 Å². The number of hydrogen-bond acceptors (Lipinski definition) is 6. The van der Waals surface area contributed by atoms with Crippen LogP contribution < -0.4 is 19.7 Å². The number of thiocarbonyl (C=S) groups is 1. The number of pyridine rings is 1. The summed E-state index contributed by atoms with van der Waals surface area (Å²) >= 11 is 5.94. The van der Waals surface area contributed by atoms with Crippen LogP contribution in [0, 0.1) is 30.9 Å².